The molecule has 0 amide bonds. The van der Waals surface area contributed by atoms with Gasteiger partial charge in [0.2, 0.25) is 0 Å². The number of ketones is 1. The van der Waals surface area contributed by atoms with Crippen LogP contribution in [0.4, 0.5) is 0 Å². The first-order chi connectivity index (χ1) is 9.00. The quantitative estimate of drug-likeness (QED) is 0.644. The molecule has 0 aliphatic rings. The van der Waals surface area contributed by atoms with Crippen LogP contribution in [0.1, 0.15) is 30.4 Å². The van der Waals surface area contributed by atoms with Gasteiger partial charge < -0.3 is 10.0 Å². The van der Waals surface area contributed by atoms with Crippen molar-refractivity contribution in [2.75, 3.05) is 0 Å². The van der Waals surface area contributed by atoms with Gasteiger partial charge in [0.1, 0.15) is 0 Å². The Morgan fingerprint density at radius 1 is 1.10 bits per heavy atom. The van der Waals surface area contributed by atoms with Crippen LogP contribution in [0.15, 0.2) is 48.7 Å². The summed E-state index contributed by atoms with van der Waals surface area (Å²) in [6.07, 6.45) is 1.79. The van der Waals surface area contributed by atoms with Gasteiger partial charge in [-0.3, -0.25) is 9.78 Å². The lowest BCUT2D eigenvalue weighted by atomic mass is 9.80. The average Bonchev–Trinajstić information content (AvgIpc) is 2.40. The van der Waals surface area contributed by atoms with Crippen LogP contribution in [0, 0.1) is 6.92 Å². The van der Waals surface area contributed by atoms with E-state index in [9.17, 15) is 4.79 Å². The van der Waals surface area contributed by atoms with E-state index in [1.54, 1.807) is 18.3 Å². The molecule has 2 rings (SSSR count). The van der Waals surface area contributed by atoms with Gasteiger partial charge in [-0.2, -0.15) is 0 Å². The Hall–Kier alpha value is -1.98. The Balaban J connectivity index is 0.000000387. The van der Waals surface area contributed by atoms with Gasteiger partial charge >= 0.3 is 7.12 Å². The van der Waals surface area contributed by atoms with Crippen molar-refractivity contribution in [3.8, 4) is 0 Å². The van der Waals surface area contributed by atoms with Gasteiger partial charge in [0.25, 0.3) is 0 Å². The van der Waals surface area contributed by atoms with E-state index < -0.39 is 7.12 Å². The minimum atomic E-state index is -1.47. The van der Waals surface area contributed by atoms with Crippen molar-refractivity contribution < 1.29 is 14.8 Å². The summed E-state index contributed by atoms with van der Waals surface area (Å²) in [4.78, 5) is 14.8. The van der Waals surface area contributed by atoms with Crippen molar-refractivity contribution in [1.29, 1.82) is 0 Å². The Labute approximate surface area is 120 Å². The van der Waals surface area contributed by atoms with Gasteiger partial charge in [-0.05, 0) is 31.4 Å². The first-order valence-corrected chi connectivity index (χ1v) is 5.85. The van der Waals surface area contributed by atoms with Gasteiger partial charge in [-0.1, -0.05) is 37.8 Å². The number of Topliss-reactive ketones (excluding diaryl/α,β-unsaturated/α-hetero) is 1. The maximum Gasteiger partial charge on any atom is 0.488 e. The topological polar surface area (TPSA) is 70.4 Å². The zero-order chi connectivity index (χ0) is 14.3. The van der Waals surface area contributed by atoms with E-state index in [1.807, 2.05) is 25.1 Å². The highest BCUT2D eigenvalue weighted by Crippen LogP contribution is 1.97. The minimum absolute atomic E-state index is 0. The third-order valence-corrected chi connectivity index (χ3v) is 2.43. The molecule has 0 saturated carbocycles. The molecule has 0 atom stereocenters. The monoisotopic (exact) mass is 273 g/mol. The molecule has 0 saturated heterocycles. The lowest BCUT2D eigenvalue weighted by Gasteiger charge is -1.99. The molecule has 4 nitrogen and oxygen atoms in total. The molecule has 5 heteroatoms. The molecule has 0 fully saturated rings. The number of hydrogen-bond acceptors (Lipinski definition) is 4. The molecule has 0 unspecified atom stereocenters. The van der Waals surface area contributed by atoms with Crippen LogP contribution in [-0.4, -0.2) is 27.9 Å². The van der Waals surface area contributed by atoms with Crippen LogP contribution in [0.5, 0.6) is 0 Å². The highest BCUT2D eigenvalue weighted by molar-refractivity contribution is 6.58. The molecule has 1 aromatic carbocycles. The summed E-state index contributed by atoms with van der Waals surface area (Å²) in [6, 6.07) is 12.0. The van der Waals surface area contributed by atoms with E-state index in [0.29, 0.717) is 11.0 Å². The molecule has 0 aliphatic carbocycles. The number of aryl methyl sites for hydroxylation is 1. The predicted molar refractivity (Wildman–Crippen MR) is 82.0 cm³/mol. The van der Waals surface area contributed by atoms with Crippen LogP contribution < -0.4 is 5.46 Å². The van der Waals surface area contributed by atoms with Crippen LogP contribution in [-0.2, 0) is 0 Å². The zero-order valence-corrected chi connectivity index (χ0v) is 10.9. The first-order valence-electron chi connectivity index (χ1n) is 5.85. The first kappa shape index (κ1) is 18.0. The third-order valence-electron chi connectivity index (χ3n) is 2.43. The van der Waals surface area contributed by atoms with Gasteiger partial charge in [0.15, 0.2) is 5.78 Å². The molecular weight excluding hydrogens is 253 g/mol. The Bertz CT molecular complexity index is 512. The van der Waals surface area contributed by atoms with Gasteiger partial charge in [0, 0.05) is 17.5 Å². The van der Waals surface area contributed by atoms with Crippen molar-refractivity contribution in [2.45, 2.75) is 21.3 Å². The van der Waals surface area contributed by atoms with Crippen molar-refractivity contribution in [1.82, 2.24) is 4.98 Å². The fraction of sp³-hybridized carbons (Fsp3) is 0.200. The van der Waals surface area contributed by atoms with Crippen molar-refractivity contribution in [2.24, 2.45) is 0 Å². The van der Waals surface area contributed by atoms with Crippen molar-refractivity contribution in [3.05, 3.63) is 59.9 Å². The molecule has 0 radical (unpaired) electrons. The molecule has 106 valence electrons. The largest absolute Gasteiger partial charge is 0.488 e. The molecule has 0 aliphatic heterocycles. The molecule has 2 aromatic rings. The zero-order valence-electron chi connectivity index (χ0n) is 10.9. The molecule has 1 aromatic heterocycles. The lowest BCUT2D eigenvalue weighted by molar-refractivity contribution is 0.101. The molecule has 2 N–H and O–H groups in total. The standard InChI is InChI=1S/C8H9BO3.C6H7N.CH4/c1-6(10)7-2-4-8(5-3-7)9(11)12;1-6-4-2-3-5-7-6;/h2-5,11-12H,1H3;2-5H,1H3;1H4. The number of carbonyl (C=O) groups excluding carboxylic acids is 1. The van der Waals surface area contributed by atoms with E-state index in [1.165, 1.54) is 19.1 Å². The van der Waals surface area contributed by atoms with Gasteiger partial charge in [-0.15, -0.1) is 0 Å². The van der Waals surface area contributed by atoms with Gasteiger partial charge in [0.05, 0.1) is 0 Å². The molecule has 0 spiro atoms. The summed E-state index contributed by atoms with van der Waals surface area (Å²) in [5.74, 6) is -0.0334. The fourth-order valence-electron chi connectivity index (χ4n) is 1.34. The Morgan fingerprint density at radius 3 is 2.00 bits per heavy atom. The maximum atomic E-state index is 10.8. The van der Waals surface area contributed by atoms with E-state index in [2.05, 4.69) is 4.98 Å². The second kappa shape index (κ2) is 9.01. The predicted octanol–water partition coefficient (Wildman–Crippen LogP) is 1.60. The summed E-state index contributed by atoms with van der Waals surface area (Å²) in [5, 5.41) is 17.4. The molecule has 1 heterocycles. The highest BCUT2D eigenvalue weighted by atomic mass is 16.4. The van der Waals surface area contributed by atoms with Gasteiger partial charge in [-0.25, -0.2) is 0 Å². The number of nitrogens with zero attached hydrogens (tertiary/aromatic N) is 1. The normalized spacial score (nSPS) is 8.80. The molecule has 20 heavy (non-hydrogen) atoms. The summed E-state index contributed by atoms with van der Waals surface area (Å²) in [5.41, 5.74) is 2.03. The number of hydrogen-bond donors (Lipinski definition) is 2. The fourth-order valence-corrected chi connectivity index (χ4v) is 1.34. The summed E-state index contributed by atoms with van der Waals surface area (Å²) in [6.45, 7) is 3.43. The van der Waals surface area contributed by atoms with E-state index >= 15 is 0 Å². The summed E-state index contributed by atoms with van der Waals surface area (Å²) in [7, 11) is -1.47. The second-order valence-corrected chi connectivity index (χ2v) is 4.02. The van der Waals surface area contributed by atoms with E-state index in [-0.39, 0.29) is 13.2 Å². The van der Waals surface area contributed by atoms with E-state index in [4.69, 9.17) is 10.0 Å². The number of aromatic nitrogens is 1. The summed E-state index contributed by atoms with van der Waals surface area (Å²) < 4.78 is 0. The SMILES string of the molecule is C.CC(=O)c1ccc(B(O)O)cc1.Cc1ccccn1. The van der Waals surface area contributed by atoms with Crippen LogP contribution in [0.25, 0.3) is 0 Å². The Morgan fingerprint density at radius 2 is 1.70 bits per heavy atom. The third kappa shape index (κ3) is 6.27. The van der Waals surface area contributed by atoms with E-state index in [0.717, 1.165) is 5.69 Å². The lowest BCUT2D eigenvalue weighted by Crippen LogP contribution is -2.29. The van der Waals surface area contributed by atoms with Crippen LogP contribution in [0.3, 0.4) is 0 Å². The number of carbonyl (C=O) groups is 1. The summed E-state index contributed by atoms with van der Waals surface area (Å²) >= 11 is 0. The molecular formula is C15H20BNO3. The second-order valence-electron chi connectivity index (χ2n) is 4.02. The number of benzene rings is 1. The number of rotatable bonds is 2. The smallest absolute Gasteiger partial charge is 0.423 e. The molecule has 0 bridgehead atoms. The number of pyridine rings is 1. The van der Waals surface area contributed by atoms with Crippen LogP contribution in [0.2, 0.25) is 0 Å². The van der Waals surface area contributed by atoms with Crippen LogP contribution >= 0.6 is 0 Å². The van der Waals surface area contributed by atoms with Crippen molar-refractivity contribution >= 4 is 18.4 Å². The highest BCUT2D eigenvalue weighted by Gasteiger charge is 2.10. The maximum absolute atomic E-state index is 10.8. The minimum Gasteiger partial charge on any atom is -0.423 e. The van der Waals surface area contributed by atoms with Crippen molar-refractivity contribution in [3.63, 3.8) is 0 Å². The average molecular weight is 273 g/mol. The Kier molecular flexibility index (Phi) is 8.12.